The molecule has 1 aromatic rings. The maximum atomic E-state index is 12.3. The number of carbonyl (C=O) groups excluding carboxylic acids is 1. The maximum absolute atomic E-state index is 12.3. The third-order valence-electron chi connectivity index (χ3n) is 1.66. The van der Waals surface area contributed by atoms with E-state index in [0.29, 0.717) is 6.07 Å². The number of hydrogen-bond acceptors (Lipinski definition) is 3. The van der Waals surface area contributed by atoms with Crippen LogP contribution in [0.25, 0.3) is 0 Å². The second-order valence-electron chi connectivity index (χ2n) is 2.75. The number of hydrogen-bond donors (Lipinski definition) is 1. The molecule has 0 radical (unpaired) electrons. The highest BCUT2D eigenvalue weighted by molar-refractivity contribution is 5.77. The summed E-state index contributed by atoms with van der Waals surface area (Å²) in [6.45, 7) is 0. The summed E-state index contributed by atoms with van der Waals surface area (Å²) >= 11 is 0. The SMILES string of the molecule is O=Cc1cc(O)c(C(F)F)nc1C(F)(F)F. The Morgan fingerprint density at radius 2 is 1.94 bits per heavy atom. The van der Waals surface area contributed by atoms with Crippen LogP contribution >= 0.6 is 0 Å². The zero-order chi connectivity index (χ0) is 12.5. The Morgan fingerprint density at radius 3 is 2.31 bits per heavy atom. The summed E-state index contributed by atoms with van der Waals surface area (Å²) in [5.74, 6) is -1.15. The lowest BCUT2D eigenvalue weighted by molar-refractivity contribution is -0.141. The van der Waals surface area contributed by atoms with Crippen molar-refractivity contribution in [2.75, 3.05) is 0 Å². The van der Waals surface area contributed by atoms with Gasteiger partial charge in [0, 0.05) is 5.56 Å². The molecule has 0 atom stereocenters. The summed E-state index contributed by atoms with van der Waals surface area (Å²) in [4.78, 5) is 12.8. The van der Waals surface area contributed by atoms with E-state index in [-0.39, 0.29) is 6.29 Å². The van der Waals surface area contributed by atoms with Crippen LogP contribution < -0.4 is 0 Å². The molecule has 1 rings (SSSR count). The van der Waals surface area contributed by atoms with Crippen molar-refractivity contribution in [3.63, 3.8) is 0 Å². The van der Waals surface area contributed by atoms with E-state index in [1.54, 1.807) is 0 Å². The van der Waals surface area contributed by atoms with Gasteiger partial charge in [0.1, 0.15) is 11.4 Å². The Morgan fingerprint density at radius 1 is 1.38 bits per heavy atom. The molecule has 0 unspecified atom stereocenters. The minimum absolute atomic E-state index is 0.217. The first kappa shape index (κ1) is 12.3. The molecule has 0 aromatic carbocycles. The molecule has 0 aliphatic carbocycles. The van der Waals surface area contributed by atoms with Crippen molar-refractivity contribution in [3.05, 3.63) is 23.0 Å². The lowest BCUT2D eigenvalue weighted by atomic mass is 10.1. The molecule has 0 spiro atoms. The first-order valence-corrected chi connectivity index (χ1v) is 3.81. The van der Waals surface area contributed by atoms with E-state index in [1.807, 2.05) is 0 Å². The van der Waals surface area contributed by atoms with Gasteiger partial charge in [-0.2, -0.15) is 13.2 Å². The number of nitrogens with zero attached hydrogens (tertiary/aromatic N) is 1. The van der Waals surface area contributed by atoms with Gasteiger partial charge in [-0.15, -0.1) is 0 Å². The number of alkyl halides is 5. The zero-order valence-electron chi connectivity index (χ0n) is 7.42. The average molecular weight is 241 g/mol. The van der Waals surface area contributed by atoms with Crippen LogP contribution in [0.15, 0.2) is 6.07 Å². The van der Waals surface area contributed by atoms with Crippen molar-refractivity contribution in [2.24, 2.45) is 0 Å². The van der Waals surface area contributed by atoms with Crippen molar-refractivity contribution in [3.8, 4) is 5.75 Å². The Labute approximate surface area is 85.5 Å². The van der Waals surface area contributed by atoms with E-state index < -0.39 is 35.3 Å². The number of aromatic hydroxyl groups is 1. The molecular weight excluding hydrogens is 237 g/mol. The molecular formula is C8H4F5NO2. The minimum Gasteiger partial charge on any atom is -0.506 e. The van der Waals surface area contributed by atoms with Gasteiger partial charge in [0.15, 0.2) is 12.0 Å². The normalized spacial score (nSPS) is 11.9. The van der Waals surface area contributed by atoms with E-state index in [1.165, 1.54) is 0 Å². The first-order valence-electron chi connectivity index (χ1n) is 3.81. The van der Waals surface area contributed by atoms with Gasteiger partial charge >= 0.3 is 6.18 Å². The van der Waals surface area contributed by atoms with Crippen molar-refractivity contribution in [2.45, 2.75) is 12.6 Å². The van der Waals surface area contributed by atoms with Gasteiger partial charge < -0.3 is 5.11 Å². The van der Waals surface area contributed by atoms with E-state index in [0.717, 1.165) is 0 Å². The van der Waals surface area contributed by atoms with Gasteiger partial charge in [0.05, 0.1) is 0 Å². The summed E-state index contributed by atoms with van der Waals surface area (Å²) in [5, 5.41) is 8.91. The fourth-order valence-electron chi connectivity index (χ4n) is 1.01. The molecule has 0 amide bonds. The topological polar surface area (TPSA) is 50.2 Å². The molecule has 0 aliphatic rings. The predicted octanol–water partition coefficient (Wildman–Crippen LogP) is 2.56. The summed E-state index contributed by atoms with van der Waals surface area (Å²) in [6, 6.07) is 0.310. The third kappa shape index (κ3) is 2.26. The van der Waals surface area contributed by atoms with Gasteiger partial charge in [0.2, 0.25) is 0 Å². The smallest absolute Gasteiger partial charge is 0.434 e. The molecule has 88 valence electrons. The molecule has 0 aliphatic heterocycles. The lowest BCUT2D eigenvalue weighted by Gasteiger charge is -2.11. The summed E-state index contributed by atoms with van der Waals surface area (Å²) in [6.07, 6.45) is -8.61. The van der Waals surface area contributed by atoms with E-state index >= 15 is 0 Å². The Hall–Kier alpha value is -1.73. The highest BCUT2D eigenvalue weighted by atomic mass is 19.4. The predicted molar refractivity (Wildman–Crippen MR) is 41.2 cm³/mol. The van der Waals surface area contributed by atoms with Crippen molar-refractivity contribution in [1.29, 1.82) is 0 Å². The van der Waals surface area contributed by atoms with Gasteiger partial charge in [-0.05, 0) is 6.07 Å². The lowest BCUT2D eigenvalue weighted by Crippen LogP contribution is -2.13. The number of aldehydes is 1. The summed E-state index contributed by atoms with van der Waals surface area (Å²) < 4.78 is 61.1. The zero-order valence-corrected chi connectivity index (χ0v) is 7.42. The molecule has 0 bridgehead atoms. The molecule has 3 nitrogen and oxygen atoms in total. The van der Waals surface area contributed by atoms with Crippen LogP contribution in [0.5, 0.6) is 5.75 Å². The van der Waals surface area contributed by atoms with Gasteiger partial charge in [-0.25, -0.2) is 13.8 Å². The Bertz CT molecular complexity index is 416. The van der Waals surface area contributed by atoms with Crippen LogP contribution in [-0.2, 0) is 6.18 Å². The Balaban J connectivity index is 3.47. The van der Waals surface area contributed by atoms with Gasteiger partial charge in [-0.3, -0.25) is 4.79 Å². The molecule has 0 fully saturated rings. The van der Waals surface area contributed by atoms with Crippen LogP contribution in [0.4, 0.5) is 22.0 Å². The number of aromatic nitrogens is 1. The molecule has 16 heavy (non-hydrogen) atoms. The van der Waals surface area contributed by atoms with Crippen LogP contribution in [0.3, 0.4) is 0 Å². The van der Waals surface area contributed by atoms with Gasteiger partial charge in [-0.1, -0.05) is 0 Å². The number of rotatable bonds is 2. The monoisotopic (exact) mass is 241 g/mol. The van der Waals surface area contributed by atoms with Crippen molar-refractivity contribution >= 4 is 6.29 Å². The first-order chi connectivity index (χ1) is 7.27. The second kappa shape index (κ2) is 4.03. The van der Waals surface area contributed by atoms with Crippen LogP contribution in [0, 0.1) is 0 Å². The third-order valence-corrected chi connectivity index (χ3v) is 1.66. The second-order valence-corrected chi connectivity index (χ2v) is 2.75. The fourth-order valence-corrected chi connectivity index (χ4v) is 1.01. The molecule has 1 aromatic heterocycles. The summed E-state index contributed by atoms with van der Waals surface area (Å²) in [7, 11) is 0. The van der Waals surface area contributed by atoms with Crippen molar-refractivity contribution in [1.82, 2.24) is 4.98 Å². The Kier molecular flexibility index (Phi) is 3.11. The largest absolute Gasteiger partial charge is 0.506 e. The molecule has 8 heteroatoms. The number of halogens is 5. The number of carbonyl (C=O) groups is 1. The van der Waals surface area contributed by atoms with Crippen LogP contribution in [0.2, 0.25) is 0 Å². The quantitative estimate of drug-likeness (QED) is 0.639. The molecule has 0 saturated carbocycles. The molecule has 1 heterocycles. The highest BCUT2D eigenvalue weighted by Gasteiger charge is 2.37. The van der Waals surface area contributed by atoms with E-state index in [4.69, 9.17) is 5.11 Å². The summed E-state index contributed by atoms with van der Waals surface area (Å²) in [5.41, 5.74) is -4.14. The highest BCUT2D eigenvalue weighted by Crippen LogP contribution is 2.35. The van der Waals surface area contributed by atoms with Gasteiger partial charge in [0.25, 0.3) is 6.43 Å². The van der Waals surface area contributed by atoms with E-state index in [9.17, 15) is 26.7 Å². The molecule has 0 saturated heterocycles. The minimum atomic E-state index is -5.03. The molecule has 1 N–H and O–H groups in total. The fraction of sp³-hybridized carbons (Fsp3) is 0.250. The van der Waals surface area contributed by atoms with Crippen LogP contribution in [0.1, 0.15) is 28.2 Å². The number of pyridine rings is 1. The van der Waals surface area contributed by atoms with E-state index in [2.05, 4.69) is 4.98 Å². The maximum Gasteiger partial charge on any atom is 0.434 e. The standard InChI is InChI=1S/C8H4F5NO2/c9-7(10)5-4(16)1-3(2-15)6(14-5)8(11,12)13/h1-2,7,16H. The van der Waals surface area contributed by atoms with Crippen LogP contribution in [-0.4, -0.2) is 16.4 Å². The van der Waals surface area contributed by atoms with Crippen molar-refractivity contribution < 1.29 is 31.9 Å². The average Bonchev–Trinajstić information content (AvgIpc) is 2.14.